The number of carbonyl (C=O) groups excluding carboxylic acids is 2. The molecule has 9 heteroatoms. The highest BCUT2D eigenvalue weighted by Crippen LogP contribution is 2.50. The largest absolute Gasteiger partial charge is 0.496 e. The predicted octanol–water partition coefficient (Wildman–Crippen LogP) is 8.79. The molecule has 0 unspecified atom stereocenters. The first-order valence-corrected chi connectivity index (χ1v) is 14.4. The second-order valence-electron chi connectivity index (χ2n) is 9.78. The molecule has 6 nitrogen and oxygen atoms in total. The topological polar surface area (TPSA) is 73.9 Å². The number of halogens is 2. The van der Waals surface area contributed by atoms with Crippen LogP contribution in [-0.2, 0) is 19.7 Å². The van der Waals surface area contributed by atoms with Crippen LogP contribution in [0.25, 0.3) is 21.6 Å². The van der Waals surface area contributed by atoms with E-state index >= 15 is 0 Å². The van der Waals surface area contributed by atoms with Crippen LogP contribution < -0.4 is 10.1 Å². The van der Waals surface area contributed by atoms with Crippen molar-refractivity contribution in [1.82, 2.24) is 0 Å². The number of amides is 1. The summed E-state index contributed by atoms with van der Waals surface area (Å²) in [6.07, 6.45) is 0.0693. The fourth-order valence-corrected chi connectivity index (χ4v) is 6.06. The highest BCUT2D eigenvalue weighted by molar-refractivity contribution is 7.20. The van der Waals surface area contributed by atoms with Crippen LogP contribution in [0.3, 0.4) is 0 Å². The minimum Gasteiger partial charge on any atom is -0.496 e. The molecule has 212 valence electrons. The Morgan fingerprint density at radius 3 is 2.41 bits per heavy atom. The van der Waals surface area contributed by atoms with E-state index < -0.39 is 23.4 Å². The van der Waals surface area contributed by atoms with E-state index in [1.165, 1.54) is 17.4 Å². The molecule has 0 aliphatic heterocycles. The van der Waals surface area contributed by atoms with Crippen LogP contribution in [0.1, 0.15) is 43.9 Å². The van der Waals surface area contributed by atoms with Gasteiger partial charge in [0.25, 0.3) is 0 Å². The molecular weight excluding hydrogens is 565 g/mol. The van der Waals surface area contributed by atoms with Crippen LogP contribution in [0.5, 0.6) is 5.75 Å². The zero-order chi connectivity index (χ0) is 29.1. The number of methoxy groups -OCH3 is 1. The molecule has 1 aromatic heterocycles. The Kier molecular flexibility index (Phi) is 8.33. The van der Waals surface area contributed by atoms with Gasteiger partial charge in [0.15, 0.2) is 0 Å². The minimum atomic E-state index is -0.786. The third-order valence-corrected chi connectivity index (χ3v) is 8.51. The van der Waals surface area contributed by atoms with Crippen LogP contribution in [0.4, 0.5) is 14.9 Å². The summed E-state index contributed by atoms with van der Waals surface area (Å²) in [6, 6.07) is 21.5. The Balaban J connectivity index is 1.35. The summed E-state index contributed by atoms with van der Waals surface area (Å²) < 4.78 is 31.0. The summed E-state index contributed by atoms with van der Waals surface area (Å²) in [5.74, 6) is 0.0206. The van der Waals surface area contributed by atoms with Gasteiger partial charge in [-0.25, -0.2) is 9.18 Å². The third kappa shape index (κ3) is 5.94. The molecule has 1 atom stereocenters. The molecule has 3 aromatic carbocycles. The van der Waals surface area contributed by atoms with Crippen molar-refractivity contribution in [1.29, 1.82) is 0 Å². The minimum absolute atomic E-state index is 0.167. The molecule has 1 aliphatic carbocycles. The van der Waals surface area contributed by atoms with Crippen molar-refractivity contribution < 1.29 is 28.2 Å². The molecule has 1 N–H and O–H groups in total. The number of anilines is 1. The Labute approximate surface area is 247 Å². The Morgan fingerprint density at radius 2 is 1.76 bits per heavy atom. The number of rotatable bonds is 9. The summed E-state index contributed by atoms with van der Waals surface area (Å²) in [4.78, 5) is 25.9. The number of esters is 1. The van der Waals surface area contributed by atoms with Gasteiger partial charge in [-0.05, 0) is 61.6 Å². The monoisotopic (exact) mass is 593 g/mol. The van der Waals surface area contributed by atoms with E-state index in [0.29, 0.717) is 22.4 Å². The normalized spacial score (nSPS) is 14.2. The van der Waals surface area contributed by atoms with Gasteiger partial charge in [0.05, 0.1) is 34.0 Å². The van der Waals surface area contributed by atoms with Crippen LogP contribution in [0.15, 0.2) is 72.8 Å². The maximum atomic E-state index is 14.1. The van der Waals surface area contributed by atoms with Gasteiger partial charge in [0.1, 0.15) is 17.7 Å². The summed E-state index contributed by atoms with van der Waals surface area (Å²) >= 11 is 7.64. The number of carbonyl (C=O) groups is 2. The average molecular weight is 594 g/mol. The molecule has 1 aliphatic rings. The maximum absolute atomic E-state index is 14.1. The SMILES string of the molecule is CCOC(=O)C1(c2ccc(-c3ccc(-c4sc(Cl)cc4NC(=O)O[C@H](C)c4ccccc4F)cc3OC)cc2)CC1. The van der Waals surface area contributed by atoms with Gasteiger partial charge >= 0.3 is 12.1 Å². The molecule has 1 amide bonds. The van der Waals surface area contributed by atoms with Crippen molar-refractivity contribution in [2.24, 2.45) is 0 Å². The summed E-state index contributed by atoms with van der Waals surface area (Å²) in [7, 11) is 1.60. The first-order valence-electron chi connectivity index (χ1n) is 13.2. The smallest absolute Gasteiger partial charge is 0.412 e. The van der Waals surface area contributed by atoms with E-state index in [2.05, 4.69) is 5.32 Å². The number of thiophene rings is 1. The predicted molar refractivity (Wildman–Crippen MR) is 159 cm³/mol. The van der Waals surface area contributed by atoms with Crippen molar-refractivity contribution in [2.75, 3.05) is 19.0 Å². The van der Waals surface area contributed by atoms with Crippen LogP contribution >= 0.6 is 22.9 Å². The van der Waals surface area contributed by atoms with Crippen molar-refractivity contribution in [3.63, 3.8) is 0 Å². The number of hydrogen-bond donors (Lipinski definition) is 1. The van der Waals surface area contributed by atoms with Crippen LogP contribution in [-0.4, -0.2) is 25.8 Å². The molecule has 0 saturated heterocycles. The van der Waals surface area contributed by atoms with E-state index in [1.807, 2.05) is 49.4 Å². The highest BCUT2D eigenvalue weighted by atomic mass is 35.5. The Bertz CT molecular complexity index is 1580. The molecule has 0 bridgehead atoms. The zero-order valence-corrected chi connectivity index (χ0v) is 24.4. The van der Waals surface area contributed by atoms with E-state index in [9.17, 15) is 14.0 Å². The number of benzene rings is 3. The number of ether oxygens (including phenoxy) is 3. The van der Waals surface area contributed by atoms with Crippen LogP contribution in [0, 0.1) is 5.82 Å². The fourth-order valence-electron chi connectivity index (χ4n) is 4.88. The number of nitrogens with one attached hydrogen (secondary N) is 1. The maximum Gasteiger partial charge on any atom is 0.412 e. The summed E-state index contributed by atoms with van der Waals surface area (Å²) in [6.45, 7) is 3.79. The molecule has 1 fully saturated rings. The van der Waals surface area contributed by atoms with Crippen LogP contribution in [0.2, 0.25) is 4.34 Å². The van der Waals surface area contributed by atoms with Gasteiger partial charge in [-0.2, -0.15) is 0 Å². The summed E-state index contributed by atoms with van der Waals surface area (Å²) in [5.41, 5.74) is 3.78. The Morgan fingerprint density at radius 1 is 1.05 bits per heavy atom. The molecule has 4 aromatic rings. The van der Waals surface area contributed by atoms with Crippen molar-refractivity contribution in [3.05, 3.63) is 94.1 Å². The van der Waals surface area contributed by atoms with E-state index in [0.717, 1.165) is 40.0 Å². The van der Waals surface area contributed by atoms with E-state index in [4.69, 9.17) is 25.8 Å². The molecule has 1 saturated carbocycles. The first kappa shape index (κ1) is 28.6. The third-order valence-electron chi connectivity index (χ3n) is 7.19. The fraction of sp³-hybridized carbons (Fsp3) is 0.250. The second-order valence-corrected chi connectivity index (χ2v) is 11.5. The second kappa shape index (κ2) is 11.9. The molecular formula is C32H29ClFNO5S. The van der Waals surface area contributed by atoms with Crippen molar-refractivity contribution in [2.45, 2.75) is 38.2 Å². The lowest BCUT2D eigenvalue weighted by Gasteiger charge is -2.16. The van der Waals surface area contributed by atoms with E-state index in [-0.39, 0.29) is 11.5 Å². The standard InChI is InChI=1S/C32H29ClFNO5S/c1-4-39-30(36)32(15-16-32)22-12-9-20(10-13-22)24-14-11-21(17-27(24)38-3)29-26(18-28(33)41-29)35-31(37)40-19(2)23-7-5-6-8-25(23)34/h5-14,17-19H,4,15-16H2,1-3H3,(H,35,37)/t19-/m1/s1. The first-order chi connectivity index (χ1) is 19.8. The van der Waals surface area contributed by atoms with Crippen molar-refractivity contribution >= 4 is 40.7 Å². The van der Waals surface area contributed by atoms with Gasteiger partial charge in [-0.1, -0.05) is 66.2 Å². The molecule has 0 spiro atoms. The van der Waals surface area contributed by atoms with Gasteiger partial charge in [0.2, 0.25) is 0 Å². The quantitative estimate of drug-likeness (QED) is 0.196. The highest BCUT2D eigenvalue weighted by Gasteiger charge is 2.52. The average Bonchev–Trinajstić information content (AvgIpc) is 3.70. The van der Waals surface area contributed by atoms with Gasteiger partial charge in [0, 0.05) is 11.1 Å². The molecule has 41 heavy (non-hydrogen) atoms. The Hall–Kier alpha value is -3.88. The molecule has 5 rings (SSSR count). The van der Waals surface area contributed by atoms with Gasteiger partial charge < -0.3 is 14.2 Å². The lowest BCUT2D eigenvalue weighted by atomic mass is 9.93. The number of hydrogen-bond acceptors (Lipinski definition) is 6. The van der Waals surface area contributed by atoms with Crippen molar-refractivity contribution in [3.8, 4) is 27.3 Å². The van der Waals surface area contributed by atoms with Gasteiger partial charge in [-0.15, -0.1) is 11.3 Å². The molecule has 1 heterocycles. The van der Waals surface area contributed by atoms with E-state index in [1.54, 1.807) is 38.3 Å². The summed E-state index contributed by atoms with van der Waals surface area (Å²) in [5, 5.41) is 2.74. The van der Waals surface area contributed by atoms with Gasteiger partial charge in [-0.3, -0.25) is 10.1 Å². The lowest BCUT2D eigenvalue weighted by molar-refractivity contribution is -0.146. The zero-order valence-electron chi connectivity index (χ0n) is 22.8. The lowest BCUT2D eigenvalue weighted by Crippen LogP contribution is -2.23. The molecule has 0 radical (unpaired) electrons.